The number of benzene rings is 1. The minimum absolute atomic E-state index is 0.171. The second-order valence-electron chi connectivity index (χ2n) is 7.94. The smallest absolute Gasteiger partial charge is 0.250 e. The number of alkyl halides is 2. The Morgan fingerprint density at radius 2 is 2.00 bits per heavy atom. The summed E-state index contributed by atoms with van der Waals surface area (Å²) in [7, 11) is 0. The predicted molar refractivity (Wildman–Crippen MR) is 127 cm³/mol. The minimum atomic E-state index is -2.45. The molecule has 1 fully saturated rings. The zero-order valence-corrected chi connectivity index (χ0v) is 19.6. The van der Waals surface area contributed by atoms with E-state index in [1.807, 2.05) is 17.9 Å². The van der Waals surface area contributed by atoms with Gasteiger partial charge >= 0.3 is 0 Å². The first-order chi connectivity index (χ1) is 16.4. The highest BCUT2D eigenvalue weighted by molar-refractivity contribution is 8.00. The molecule has 0 radical (unpaired) electrons. The number of nitriles is 2. The van der Waals surface area contributed by atoms with Gasteiger partial charge in [0.1, 0.15) is 28.2 Å². The molecule has 0 bridgehead atoms. The number of amides is 1. The number of hydrogen-bond acceptors (Lipinski definition) is 7. The second-order valence-corrected chi connectivity index (χ2v) is 9.04. The van der Waals surface area contributed by atoms with Gasteiger partial charge in [0.2, 0.25) is 5.91 Å². The average Bonchev–Trinajstić information content (AvgIpc) is 2.85. The topological polar surface area (TPSA) is 119 Å². The predicted octanol–water partition coefficient (Wildman–Crippen LogP) is 3.53. The van der Waals surface area contributed by atoms with Crippen LogP contribution in [0.2, 0.25) is 0 Å². The maximum absolute atomic E-state index is 12.7. The van der Waals surface area contributed by atoms with Gasteiger partial charge in [-0.05, 0) is 30.4 Å². The van der Waals surface area contributed by atoms with E-state index in [-0.39, 0.29) is 11.6 Å². The van der Waals surface area contributed by atoms with Crippen molar-refractivity contribution in [3.8, 4) is 12.1 Å². The van der Waals surface area contributed by atoms with Gasteiger partial charge in [-0.3, -0.25) is 4.79 Å². The number of nitrogens with zero attached hydrogens (tertiary/aromatic N) is 4. The molecule has 2 atom stereocenters. The Morgan fingerprint density at radius 3 is 2.59 bits per heavy atom. The Kier molecular flexibility index (Phi) is 8.80. The van der Waals surface area contributed by atoms with E-state index >= 15 is 0 Å². The number of carbonyl (C=O) groups excluding carboxylic acids is 1. The van der Waals surface area contributed by atoms with Crippen LogP contribution in [-0.4, -0.2) is 43.0 Å². The van der Waals surface area contributed by atoms with Gasteiger partial charge in [0, 0.05) is 19.1 Å². The zero-order valence-electron chi connectivity index (χ0n) is 18.8. The molecule has 3 N–H and O–H groups in total. The van der Waals surface area contributed by atoms with E-state index in [1.54, 1.807) is 24.3 Å². The number of halogens is 2. The molecule has 2 heterocycles. The molecular formula is C24H26F2N6OS. The molecule has 1 aromatic heterocycles. The summed E-state index contributed by atoms with van der Waals surface area (Å²) in [4.78, 5) is 18.9. The number of hydrogen-bond donors (Lipinski definition) is 2. The SMILES string of the molecule is CCc1c(C#N)c(SC(C(N)=O)c2ccccc2)nc(N2CCC[C@H](NCC(F)F)C2)c1C#N. The van der Waals surface area contributed by atoms with E-state index in [1.165, 1.54) is 0 Å². The van der Waals surface area contributed by atoms with Crippen molar-refractivity contribution < 1.29 is 13.6 Å². The third-order valence-corrected chi connectivity index (χ3v) is 6.96. The summed E-state index contributed by atoms with van der Waals surface area (Å²) in [6.07, 6.45) is -0.550. The Balaban J connectivity index is 2.04. The number of nitrogens with one attached hydrogen (secondary N) is 1. The summed E-state index contributed by atoms with van der Waals surface area (Å²) in [6, 6.07) is 13.2. The summed E-state index contributed by atoms with van der Waals surface area (Å²) >= 11 is 1.08. The van der Waals surface area contributed by atoms with Crippen LogP contribution in [0.1, 0.15) is 47.3 Å². The molecule has 7 nitrogen and oxygen atoms in total. The number of aromatic nitrogens is 1. The maximum atomic E-state index is 12.7. The highest BCUT2D eigenvalue weighted by atomic mass is 32.2. The molecule has 2 aromatic rings. The van der Waals surface area contributed by atoms with Crippen LogP contribution in [0, 0.1) is 22.7 Å². The van der Waals surface area contributed by atoms with Crippen molar-refractivity contribution in [2.45, 2.75) is 48.9 Å². The van der Waals surface area contributed by atoms with E-state index in [9.17, 15) is 24.1 Å². The molecule has 0 spiro atoms. The van der Waals surface area contributed by atoms with Crippen molar-refractivity contribution in [3.05, 3.63) is 52.6 Å². The van der Waals surface area contributed by atoms with Gasteiger partial charge in [-0.25, -0.2) is 13.8 Å². The molecular weight excluding hydrogens is 458 g/mol. The highest BCUT2D eigenvalue weighted by Crippen LogP contribution is 2.39. The molecule has 1 amide bonds. The van der Waals surface area contributed by atoms with Crippen molar-refractivity contribution in [2.75, 3.05) is 24.5 Å². The first kappa shape index (κ1) is 25.4. The molecule has 34 heavy (non-hydrogen) atoms. The number of piperidine rings is 1. The lowest BCUT2D eigenvalue weighted by atomic mass is 10.00. The minimum Gasteiger partial charge on any atom is -0.368 e. The van der Waals surface area contributed by atoms with E-state index in [2.05, 4.69) is 22.4 Å². The van der Waals surface area contributed by atoms with Crippen molar-refractivity contribution >= 4 is 23.5 Å². The molecule has 1 unspecified atom stereocenters. The number of nitrogens with two attached hydrogens (primary N) is 1. The molecule has 178 valence electrons. The molecule has 1 saturated heterocycles. The summed E-state index contributed by atoms with van der Waals surface area (Å²) in [5, 5.41) is 22.3. The van der Waals surface area contributed by atoms with E-state index < -0.39 is 24.1 Å². The molecule has 3 rings (SSSR count). The molecule has 1 aliphatic rings. The summed E-state index contributed by atoms with van der Waals surface area (Å²) < 4.78 is 25.4. The maximum Gasteiger partial charge on any atom is 0.250 e. The number of pyridine rings is 1. The Bertz CT molecular complexity index is 1100. The van der Waals surface area contributed by atoms with Gasteiger partial charge in [-0.2, -0.15) is 10.5 Å². The fourth-order valence-electron chi connectivity index (χ4n) is 4.12. The lowest BCUT2D eigenvalue weighted by Gasteiger charge is -2.35. The third kappa shape index (κ3) is 5.82. The van der Waals surface area contributed by atoms with Gasteiger partial charge < -0.3 is 16.0 Å². The van der Waals surface area contributed by atoms with Crippen molar-refractivity contribution in [1.29, 1.82) is 10.5 Å². The number of anilines is 1. The van der Waals surface area contributed by atoms with Crippen molar-refractivity contribution in [1.82, 2.24) is 10.3 Å². The van der Waals surface area contributed by atoms with Crippen LogP contribution in [0.15, 0.2) is 35.4 Å². The van der Waals surface area contributed by atoms with Crippen LogP contribution in [0.5, 0.6) is 0 Å². The summed E-state index contributed by atoms with van der Waals surface area (Å²) in [5.74, 6) is -0.166. The fraction of sp³-hybridized carbons (Fsp3) is 0.417. The Labute approximate surface area is 201 Å². The van der Waals surface area contributed by atoms with Gasteiger partial charge in [0.05, 0.1) is 17.7 Å². The van der Waals surface area contributed by atoms with Gasteiger partial charge in [0.15, 0.2) is 0 Å². The Hall–Kier alpha value is -3.21. The Morgan fingerprint density at radius 1 is 1.29 bits per heavy atom. The normalized spacial score (nSPS) is 16.6. The molecule has 1 aliphatic heterocycles. The van der Waals surface area contributed by atoms with Gasteiger partial charge in [-0.15, -0.1) is 0 Å². The highest BCUT2D eigenvalue weighted by Gasteiger charge is 2.29. The standard InChI is InChI=1S/C24H26F2N6OS/c1-2-17-18(11-27)23(32-10-6-9-16(14-32)30-13-20(25)26)31-24(19(17)12-28)34-21(22(29)33)15-7-4-3-5-8-15/h3-5,7-8,16,20-21,30H,2,6,9-10,13-14H2,1H3,(H2,29,33)/t16-,21?/m0/s1. The lowest BCUT2D eigenvalue weighted by Crippen LogP contribution is -2.47. The average molecular weight is 485 g/mol. The molecule has 0 aliphatic carbocycles. The number of rotatable bonds is 9. The van der Waals surface area contributed by atoms with Crippen molar-refractivity contribution in [3.63, 3.8) is 0 Å². The number of thioether (sulfide) groups is 1. The third-order valence-electron chi connectivity index (χ3n) is 5.70. The lowest BCUT2D eigenvalue weighted by molar-refractivity contribution is -0.117. The first-order valence-corrected chi connectivity index (χ1v) is 11.9. The van der Waals surface area contributed by atoms with Crippen LogP contribution in [0.25, 0.3) is 0 Å². The van der Waals surface area contributed by atoms with Crippen LogP contribution in [0.3, 0.4) is 0 Å². The van der Waals surface area contributed by atoms with Crippen LogP contribution < -0.4 is 16.0 Å². The van der Waals surface area contributed by atoms with Crippen LogP contribution >= 0.6 is 11.8 Å². The van der Waals surface area contributed by atoms with E-state index in [0.29, 0.717) is 47.0 Å². The monoisotopic (exact) mass is 484 g/mol. The van der Waals surface area contributed by atoms with E-state index in [4.69, 9.17) is 5.73 Å². The van der Waals surface area contributed by atoms with Crippen LogP contribution in [0.4, 0.5) is 14.6 Å². The first-order valence-electron chi connectivity index (χ1n) is 11.0. The fourth-order valence-corrected chi connectivity index (χ4v) is 5.18. The second kappa shape index (κ2) is 11.8. The largest absolute Gasteiger partial charge is 0.368 e. The number of primary amides is 1. The number of carbonyl (C=O) groups is 1. The van der Waals surface area contributed by atoms with Crippen molar-refractivity contribution in [2.24, 2.45) is 5.73 Å². The van der Waals surface area contributed by atoms with E-state index in [0.717, 1.165) is 24.6 Å². The summed E-state index contributed by atoms with van der Waals surface area (Å²) in [5.41, 5.74) is 7.47. The molecule has 10 heteroatoms. The zero-order chi connectivity index (χ0) is 24.7. The van der Waals surface area contributed by atoms with Crippen LogP contribution in [-0.2, 0) is 11.2 Å². The summed E-state index contributed by atoms with van der Waals surface area (Å²) in [6.45, 7) is 2.46. The molecule has 0 saturated carbocycles. The quantitative estimate of drug-likeness (QED) is 0.523. The molecule has 1 aromatic carbocycles. The van der Waals surface area contributed by atoms with Gasteiger partial charge in [0.25, 0.3) is 6.43 Å². The van der Waals surface area contributed by atoms with Gasteiger partial charge in [-0.1, -0.05) is 49.0 Å².